The normalized spacial score (nSPS) is 19.2. The summed E-state index contributed by atoms with van der Waals surface area (Å²) >= 11 is 0. The summed E-state index contributed by atoms with van der Waals surface area (Å²) in [6.45, 7) is 6.48. The molecule has 12 heteroatoms. The number of nitrogens with one attached hydrogen (secondary N) is 2. The molecule has 6 rings (SSSR count). The Balaban J connectivity index is 1.15. The Morgan fingerprint density at radius 3 is 2.47 bits per heavy atom. The Labute approximate surface area is 260 Å². The molecule has 1 aliphatic carbocycles. The summed E-state index contributed by atoms with van der Waals surface area (Å²) in [5, 5.41) is 19.0. The maximum atomic E-state index is 13.9. The first-order valence-electron chi connectivity index (χ1n) is 15.6. The minimum atomic E-state index is -4.54. The van der Waals surface area contributed by atoms with E-state index in [1.54, 1.807) is 46.0 Å². The second-order valence-electron chi connectivity index (χ2n) is 12.3. The van der Waals surface area contributed by atoms with Crippen LogP contribution in [0.4, 0.5) is 18.9 Å². The van der Waals surface area contributed by atoms with Gasteiger partial charge in [-0.2, -0.15) is 18.3 Å². The summed E-state index contributed by atoms with van der Waals surface area (Å²) in [6.07, 6.45) is 5.72. The number of halogens is 3. The number of amides is 1. The molecule has 2 aliphatic rings. The predicted octanol–water partition coefficient (Wildman–Crippen LogP) is 6.05. The molecule has 2 N–H and O–H groups in total. The number of aryl methyl sites for hydroxylation is 2. The average Bonchev–Trinajstić information content (AvgIpc) is 3.79. The van der Waals surface area contributed by atoms with E-state index in [0.29, 0.717) is 29.5 Å². The highest BCUT2D eigenvalue weighted by atomic mass is 19.4. The van der Waals surface area contributed by atoms with E-state index in [1.807, 2.05) is 20.9 Å². The summed E-state index contributed by atoms with van der Waals surface area (Å²) < 4.78 is 44.9. The average molecular weight is 621 g/mol. The van der Waals surface area contributed by atoms with Gasteiger partial charge in [0.2, 0.25) is 0 Å². The molecular weight excluding hydrogens is 581 g/mol. The molecule has 238 valence electrons. The molecule has 2 aromatic carbocycles. The number of anilines is 1. The molecule has 0 unspecified atom stereocenters. The second-order valence-corrected chi connectivity index (χ2v) is 12.3. The van der Waals surface area contributed by atoms with Crippen LogP contribution in [0.2, 0.25) is 0 Å². The Morgan fingerprint density at radius 1 is 1.02 bits per heavy atom. The molecule has 45 heavy (non-hydrogen) atoms. The summed E-state index contributed by atoms with van der Waals surface area (Å²) in [7, 11) is 1.85. The monoisotopic (exact) mass is 620 g/mol. The number of carbonyl (C=O) groups excluding carboxylic acids is 1. The van der Waals surface area contributed by atoms with Gasteiger partial charge in [0, 0.05) is 48.2 Å². The molecule has 1 amide bonds. The predicted molar refractivity (Wildman–Crippen MR) is 166 cm³/mol. The van der Waals surface area contributed by atoms with Crippen molar-refractivity contribution in [1.29, 1.82) is 0 Å². The van der Waals surface area contributed by atoms with Gasteiger partial charge in [-0.05, 0) is 107 Å². The number of likely N-dealkylation sites (tertiary alicyclic amines) is 1. The molecule has 2 fully saturated rings. The number of aromatic nitrogens is 5. The fourth-order valence-corrected chi connectivity index (χ4v) is 6.50. The van der Waals surface area contributed by atoms with Crippen LogP contribution in [0.5, 0.6) is 0 Å². The smallest absolute Gasteiger partial charge is 0.322 e. The third-order valence-electron chi connectivity index (χ3n) is 9.25. The number of hydrogen-bond acceptors (Lipinski definition) is 6. The molecule has 9 nitrogen and oxygen atoms in total. The van der Waals surface area contributed by atoms with E-state index in [4.69, 9.17) is 0 Å². The SMILES string of the molecule is Cc1ccc(C(=O)Nc2cc(CNC3CCC(N4CCCC4)CC3)cc(C(F)(F)F)c2)cc1-n1cc(-c2cnn(C)c2C)nn1. The molecule has 0 radical (unpaired) electrons. The van der Waals surface area contributed by atoms with E-state index in [-0.39, 0.29) is 17.3 Å². The van der Waals surface area contributed by atoms with Crippen LogP contribution in [0.25, 0.3) is 16.9 Å². The van der Waals surface area contributed by atoms with Crippen molar-refractivity contribution in [3.8, 4) is 16.9 Å². The summed E-state index contributed by atoms with van der Waals surface area (Å²) in [5.41, 5.74) is 3.99. The van der Waals surface area contributed by atoms with Gasteiger partial charge >= 0.3 is 6.18 Å². The molecule has 1 aliphatic heterocycles. The molecule has 1 saturated heterocycles. The van der Waals surface area contributed by atoms with Crippen molar-refractivity contribution < 1.29 is 18.0 Å². The Hall–Kier alpha value is -4.03. The summed E-state index contributed by atoms with van der Waals surface area (Å²) in [4.78, 5) is 15.9. The first-order chi connectivity index (χ1) is 21.5. The van der Waals surface area contributed by atoms with Crippen molar-refractivity contribution in [2.24, 2.45) is 7.05 Å². The summed E-state index contributed by atoms with van der Waals surface area (Å²) in [6, 6.07) is 9.74. The number of carbonyl (C=O) groups is 1. The van der Waals surface area contributed by atoms with Gasteiger partial charge in [0.15, 0.2) is 0 Å². The van der Waals surface area contributed by atoms with Crippen molar-refractivity contribution in [3.63, 3.8) is 0 Å². The van der Waals surface area contributed by atoms with Gasteiger partial charge in [0.05, 0.1) is 23.6 Å². The molecule has 1 saturated carbocycles. The highest BCUT2D eigenvalue weighted by Gasteiger charge is 2.32. The minimum absolute atomic E-state index is 0.0987. The Bertz CT molecular complexity index is 1660. The molecule has 3 heterocycles. The standard InChI is InChI=1S/C33H39F3N8O/c1-21-6-7-24(16-31(21)44-20-30(40-41-44)29-19-38-42(3)22(29)2)32(45)39-27-15-23(14-25(17-27)33(34,35)36)18-37-26-8-10-28(11-9-26)43-12-4-5-13-43/h6-7,14-17,19-20,26,28,37H,4-5,8-13,18H2,1-3H3,(H,39,45). The van der Waals surface area contributed by atoms with Crippen LogP contribution >= 0.6 is 0 Å². The number of benzene rings is 2. The first-order valence-corrected chi connectivity index (χ1v) is 15.6. The molecule has 0 atom stereocenters. The van der Waals surface area contributed by atoms with Gasteiger partial charge in [0.25, 0.3) is 5.91 Å². The van der Waals surface area contributed by atoms with Crippen LogP contribution < -0.4 is 10.6 Å². The van der Waals surface area contributed by atoms with Crippen LogP contribution in [0.1, 0.15) is 71.3 Å². The maximum Gasteiger partial charge on any atom is 0.416 e. The minimum Gasteiger partial charge on any atom is -0.322 e. The quantitative estimate of drug-likeness (QED) is 0.249. The van der Waals surface area contributed by atoms with Crippen LogP contribution in [0.15, 0.2) is 48.8 Å². The molecule has 0 bridgehead atoms. The second kappa shape index (κ2) is 12.8. The zero-order chi connectivity index (χ0) is 31.7. The van der Waals surface area contributed by atoms with Gasteiger partial charge < -0.3 is 15.5 Å². The van der Waals surface area contributed by atoms with Crippen molar-refractivity contribution in [2.75, 3.05) is 18.4 Å². The van der Waals surface area contributed by atoms with E-state index < -0.39 is 17.6 Å². The van der Waals surface area contributed by atoms with Crippen molar-refractivity contribution in [1.82, 2.24) is 35.0 Å². The van der Waals surface area contributed by atoms with Crippen LogP contribution in [0.3, 0.4) is 0 Å². The topological polar surface area (TPSA) is 92.9 Å². The number of nitrogens with zero attached hydrogens (tertiary/aromatic N) is 6. The lowest BCUT2D eigenvalue weighted by atomic mass is 9.90. The molecule has 0 spiro atoms. The Kier molecular flexibility index (Phi) is 8.78. The lowest BCUT2D eigenvalue weighted by Crippen LogP contribution is -2.41. The first kappa shape index (κ1) is 31.0. The fraction of sp³-hybridized carbons (Fsp3) is 0.455. The van der Waals surface area contributed by atoms with Gasteiger partial charge in [-0.15, -0.1) is 5.10 Å². The van der Waals surface area contributed by atoms with E-state index in [0.717, 1.165) is 54.6 Å². The Morgan fingerprint density at radius 2 is 1.78 bits per heavy atom. The van der Waals surface area contributed by atoms with Crippen molar-refractivity contribution >= 4 is 11.6 Å². The van der Waals surface area contributed by atoms with Crippen molar-refractivity contribution in [2.45, 2.75) is 77.2 Å². The zero-order valence-electron chi connectivity index (χ0n) is 25.9. The third-order valence-corrected chi connectivity index (χ3v) is 9.25. The largest absolute Gasteiger partial charge is 0.416 e. The van der Waals surface area contributed by atoms with E-state index >= 15 is 0 Å². The van der Waals surface area contributed by atoms with Crippen LogP contribution in [-0.2, 0) is 19.8 Å². The van der Waals surface area contributed by atoms with E-state index in [1.165, 1.54) is 25.9 Å². The summed E-state index contributed by atoms with van der Waals surface area (Å²) in [5.74, 6) is -0.516. The molecular formula is C33H39F3N8O. The van der Waals surface area contributed by atoms with Crippen LogP contribution in [-0.4, -0.2) is 60.8 Å². The highest BCUT2D eigenvalue weighted by molar-refractivity contribution is 6.04. The van der Waals surface area contributed by atoms with Crippen LogP contribution in [0, 0.1) is 13.8 Å². The lowest BCUT2D eigenvalue weighted by Gasteiger charge is -2.35. The highest BCUT2D eigenvalue weighted by Crippen LogP contribution is 2.33. The van der Waals surface area contributed by atoms with E-state index in [2.05, 4.69) is 30.9 Å². The van der Waals surface area contributed by atoms with E-state index in [9.17, 15) is 18.0 Å². The lowest BCUT2D eigenvalue weighted by molar-refractivity contribution is -0.137. The zero-order valence-corrected chi connectivity index (χ0v) is 25.9. The van der Waals surface area contributed by atoms with Gasteiger partial charge in [-0.3, -0.25) is 9.48 Å². The molecule has 4 aromatic rings. The number of hydrogen-bond donors (Lipinski definition) is 2. The third kappa shape index (κ3) is 6.96. The van der Waals surface area contributed by atoms with Crippen molar-refractivity contribution in [3.05, 3.63) is 76.7 Å². The van der Waals surface area contributed by atoms with Gasteiger partial charge in [-0.25, -0.2) is 4.68 Å². The molecule has 2 aromatic heterocycles. The number of rotatable bonds is 8. The number of alkyl halides is 3. The maximum absolute atomic E-state index is 13.9. The fourth-order valence-electron chi connectivity index (χ4n) is 6.50. The van der Waals surface area contributed by atoms with Gasteiger partial charge in [-0.1, -0.05) is 11.3 Å². The van der Waals surface area contributed by atoms with Gasteiger partial charge in [0.1, 0.15) is 5.69 Å².